The Labute approximate surface area is 132 Å². The predicted molar refractivity (Wildman–Crippen MR) is 84.3 cm³/mol. The fourth-order valence-electron chi connectivity index (χ4n) is 3.87. The fraction of sp³-hybridized carbons (Fsp3) is 0.765. The zero-order chi connectivity index (χ0) is 15.5. The van der Waals surface area contributed by atoms with Gasteiger partial charge in [-0.05, 0) is 32.3 Å². The Hall–Kier alpha value is -1.36. The van der Waals surface area contributed by atoms with Crippen LogP contribution in [0, 0.1) is 18.8 Å². The third-order valence-corrected chi connectivity index (χ3v) is 5.15. The fourth-order valence-corrected chi connectivity index (χ4v) is 3.87. The molecule has 5 nitrogen and oxygen atoms in total. The van der Waals surface area contributed by atoms with E-state index in [1.807, 2.05) is 17.9 Å². The van der Waals surface area contributed by atoms with E-state index in [4.69, 9.17) is 0 Å². The summed E-state index contributed by atoms with van der Waals surface area (Å²) < 4.78 is 0. The molecule has 0 radical (unpaired) electrons. The summed E-state index contributed by atoms with van der Waals surface area (Å²) in [6.07, 6.45) is 7.21. The van der Waals surface area contributed by atoms with Crippen molar-refractivity contribution in [3.8, 4) is 0 Å². The molecule has 5 heteroatoms. The largest absolute Gasteiger partial charge is 0.391 e. The van der Waals surface area contributed by atoms with Crippen LogP contribution in [0.4, 0.5) is 0 Å². The van der Waals surface area contributed by atoms with Gasteiger partial charge in [-0.15, -0.1) is 0 Å². The van der Waals surface area contributed by atoms with Gasteiger partial charge >= 0.3 is 0 Å². The molecule has 1 aliphatic heterocycles. The van der Waals surface area contributed by atoms with E-state index in [-0.39, 0.29) is 17.7 Å². The molecule has 2 atom stereocenters. The number of nitrogens with zero attached hydrogens (tertiary/aromatic N) is 2. The van der Waals surface area contributed by atoms with Gasteiger partial charge in [-0.2, -0.15) is 5.10 Å². The van der Waals surface area contributed by atoms with Gasteiger partial charge in [0.2, 0.25) is 5.91 Å². The van der Waals surface area contributed by atoms with Gasteiger partial charge < -0.3 is 10.0 Å². The normalized spacial score (nSPS) is 27.1. The molecule has 1 saturated heterocycles. The minimum atomic E-state index is -0.424. The molecule has 1 aromatic heterocycles. The van der Waals surface area contributed by atoms with Crippen LogP contribution in [0.1, 0.15) is 49.9 Å². The van der Waals surface area contributed by atoms with Gasteiger partial charge in [-0.1, -0.05) is 25.7 Å². The number of hydrogen-bond donors (Lipinski definition) is 2. The molecule has 3 rings (SSSR count). The summed E-state index contributed by atoms with van der Waals surface area (Å²) in [5, 5.41) is 17.5. The number of nitrogens with one attached hydrogen (secondary N) is 1. The number of aliphatic hydroxyl groups excluding tert-OH is 1. The van der Waals surface area contributed by atoms with Crippen LogP contribution < -0.4 is 0 Å². The molecule has 2 aliphatic rings. The van der Waals surface area contributed by atoms with E-state index in [1.165, 1.54) is 25.7 Å². The molecule has 2 fully saturated rings. The number of rotatable bonds is 3. The lowest BCUT2D eigenvalue weighted by Gasteiger charge is -2.22. The first-order valence-corrected chi connectivity index (χ1v) is 8.61. The first-order valence-electron chi connectivity index (χ1n) is 8.61. The maximum absolute atomic E-state index is 12.7. The van der Waals surface area contributed by atoms with Crippen molar-refractivity contribution in [1.82, 2.24) is 15.1 Å². The van der Waals surface area contributed by atoms with Crippen LogP contribution in [0.15, 0.2) is 6.07 Å². The van der Waals surface area contributed by atoms with E-state index >= 15 is 0 Å². The summed E-state index contributed by atoms with van der Waals surface area (Å²) in [6, 6.07) is 2.02. The Morgan fingerprint density at radius 1 is 1.32 bits per heavy atom. The number of β-amino-alcohol motifs (C(OH)–C–C–N with tert-alkyl or cyclic N) is 1. The van der Waals surface area contributed by atoms with Gasteiger partial charge in [0.15, 0.2) is 0 Å². The molecule has 2 N–H and O–H groups in total. The van der Waals surface area contributed by atoms with Crippen molar-refractivity contribution in [2.45, 2.75) is 58.0 Å². The summed E-state index contributed by atoms with van der Waals surface area (Å²) in [5.74, 6) is 0.556. The molecule has 1 aliphatic carbocycles. The van der Waals surface area contributed by atoms with Crippen molar-refractivity contribution in [2.24, 2.45) is 11.8 Å². The predicted octanol–water partition coefficient (Wildman–Crippen LogP) is 2.05. The Kier molecular flexibility index (Phi) is 4.81. The highest BCUT2D eigenvalue weighted by Crippen LogP contribution is 2.28. The highest BCUT2D eigenvalue weighted by atomic mass is 16.3. The lowest BCUT2D eigenvalue weighted by Crippen LogP contribution is -2.35. The third-order valence-electron chi connectivity index (χ3n) is 5.15. The van der Waals surface area contributed by atoms with E-state index in [2.05, 4.69) is 10.2 Å². The van der Waals surface area contributed by atoms with Crippen LogP contribution in [-0.2, 0) is 11.2 Å². The van der Waals surface area contributed by atoms with Crippen molar-refractivity contribution >= 4 is 5.91 Å². The zero-order valence-corrected chi connectivity index (χ0v) is 13.4. The molecule has 122 valence electrons. The number of aromatic amines is 1. The van der Waals surface area contributed by atoms with Gasteiger partial charge in [0.05, 0.1) is 11.8 Å². The summed E-state index contributed by atoms with van der Waals surface area (Å²) >= 11 is 0. The maximum Gasteiger partial charge on any atom is 0.225 e. The third kappa shape index (κ3) is 3.51. The topological polar surface area (TPSA) is 69.2 Å². The van der Waals surface area contributed by atoms with Gasteiger partial charge in [-0.3, -0.25) is 9.89 Å². The van der Waals surface area contributed by atoms with Crippen LogP contribution in [0.5, 0.6) is 0 Å². The number of hydrogen-bond acceptors (Lipinski definition) is 3. The molecule has 0 bridgehead atoms. The van der Waals surface area contributed by atoms with Crippen molar-refractivity contribution in [1.29, 1.82) is 0 Å². The van der Waals surface area contributed by atoms with Crippen LogP contribution in [0.25, 0.3) is 0 Å². The number of carbonyl (C=O) groups excluding carboxylic acids is 1. The van der Waals surface area contributed by atoms with E-state index in [0.717, 1.165) is 30.7 Å². The first-order chi connectivity index (χ1) is 10.6. The number of amides is 1. The van der Waals surface area contributed by atoms with Gasteiger partial charge in [-0.25, -0.2) is 0 Å². The molecule has 2 heterocycles. The molecule has 1 saturated carbocycles. The molecule has 1 amide bonds. The highest BCUT2D eigenvalue weighted by molar-refractivity contribution is 5.79. The van der Waals surface area contributed by atoms with Crippen LogP contribution in [-0.4, -0.2) is 45.3 Å². The summed E-state index contributed by atoms with van der Waals surface area (Å²) in [6.45, 7) is 3.13. The highest BCUT2D eigenvalue weighted by Gasteiger charge is 2.36. The molecule has 0 spiro atoms. The average molecular weight is 305 g/mol. The number of H-pyrrole nitrogens is 1. The number of aryl methyl sites for hydroxylation is 1. The average Bonchev–Trinajstić information content (AvgIpc) is 2.95. The number of carbonyl (C=O) groups is 1. The van der Waals surface area contributed by atoms with Gasteiger partial charge in [0.1, 0.15) is 0 Å². The SMILES string of the molecule is Cc1cc(C[C@@H]2CN(C(=O)C3CCCCCC3)C[C@@H]2O)n[nH]1. The smallest absolute Gasteiger partial charge is 0.225 e. The Balaban J connectivity index is 1.58. The summed E-state index contributed by atoms with van der Waals surface area (Å²) in [7, 11) is 0. The number of aromatic nitrogens is 2. The second kappa shape index (κ2) is 6.82. The summed E-state index contributed by atoms with van der Waals surface area (Å²) in [4.78, 5) is 14.6. The molecular formula is C17H27N3O2. The number of aliphatic hydroxyl groups is 1. The van der Waals surface area contributed by atoms with Crippen molar-refractivity contribution in [3.63, 3.8) is 0 Å². The second-order valence-electron chi connectivity index (χ2n) is 7.01. The zero-order valence-electron chi connectivity index (χ0n) is 13.4. The molecule has 22 heavy (non-hydrogen) atoms. The molecule has 0 aromatic carbocycles. The Bertz CT molecular complexity index is 506. The Morgan fingerprint density at radius 2 is 2.05 bits per heavy atom. The van der Waals surface area contributed by atoms with Gasteiger partial charge in [0.25, 0.3) is 0 Å². The minimum Gasteiger partial charge on any atom is -0.391 e. The lowest BCUT2D eigenvalue weighted by molar-refractivity contribution is -0.135. The molecule has 1 aromatic rings. The summed E-state index contributed by atoms with van der Waals surface area (Å²) in [5.41, 5.74) is 2.01. The monoisotopic (exact) mass is 305 g/mol. The first kappa shape index (κ1) is 15.5. The quantitative estimate of drug-likeness (QED) is 0.840. The van der Waals surface area contributed by atoms with Gasteiger partial charge in [0, 0.05) is 30.6 Å². The van der Waals surface area contributed by atoms with Crippen LogP contribution >= 0.6 is 0 Å². The molecular weight excluding hydrogens is 278 g/mol. The van der Waals surface area contributed by atoms with E-state index < -0.39 is 6.10 Å². The van der Waals surface area contributed by atoms with E-state index in [9.17, 15) is 9.90 Å². The van der Waals surface area contributed by atoms with Crippen molar-refractivity contribution in [3.05, 3.63) is 17.5 Å². The van der Waals surface area contributed by atoms with E-state index in [0.29, 0.717) is 13.1 Å². The number of likely N-dealkylation sites (tertiary alicyclic amines) is 1. The second-order valence-corrected chi connectivity index (χ2v) is 7.01. The van der Waals surface area contributed by atoms with Crippen LogP contribution in [0.3, 0.4) is 0 Å². The van der Waals surface area contributed by atoms with Crippen molar-refractivity contribution < 1.29 is 9.90 Å². The Morgan fingerprint density at radius 3 is 2.68 bits per heavy atom. The van der Waals surface area contributed by atoms with Crippen molar-refractivity contribution in [2.75, 3.05) is 13.1 Å². The maximum atomic E-state index is 12.7. The lowest BCUT2D eigenvalue weighted by atomic mass is 9.98. The standard InChI is InChI=1S/C17H27N3O2/c1-12-8-15(19-18-12)9-14-10-20(11-16(14)21)17(22)13-6-4-2-3-5-7-13/h8,13-14,16,21H,2-7,9-11H2,1H3,(H,18,19)/t14-,16+/m1/s1. The minimum absolute atomic E-state index is 0.109. The van der Waals surface area contributed by atoms with E-state index in [1.54, 1.807) is 0 Å². The molecule has 0 unspecified atom stereocenters. The van der Waals surface area contributed by atoms with Crippen LogP contribution in [0.2, 0.25) is 0 Å².